The molecule has 0 aromatic heterocycles. The predicted molar refractivity (Wildman–Crippen MR) is 117 cm³/mol. The molecule has 0 heterocycles. The number of benzene rings is 1. The largest absolute Gasteiger partial charge is 0.179 e. The maximum absolute atomic E-state index is 4.83. The Labute approximate surface area is 170 Å². The molecule has 0 nitrogen and oxygen atoms in total. The predicted octanol–water partition coefficient (Wildman–Crippen LogP) is 5.66. The van der Waals surface area contributed by atoms with Crippen LogP contribution in [-0.2, 0) is 5.41 Å². The molecule has 4 saturated carbocycles. The van der Waals surface area contributed by atoms with E-state index in [1.807, 2.05) is 0 Å². The summed E-state index contributed by atoms with van der Waals surface area (Å²) in [6.07, 6.45) is 7.93. The van der Waals surface area contributed by atoms with Gasteiger partial charge in [-0.05, 0) is 118 Å². The molecule has 0 unspecified atom stereocenters. The number of hydrogen-bond donors (Lipinski definition) is 3. The second-order valence-corrected chi connectivity index (χ2v) is 11.0. The molecule has 0 N–H and O–H groups in total. The second kappa shape index (κ2) is 5.75. The van der Waals surface area contributed by atoms with E-state index in [1.54, 1.807) is 5.56 Å². The minimum atomic E-state index is 0.327. The van der Waals surface area contributed by atoms with Gasteiger partial charge in [-0.15, -0.1) is 0 Å². The first-order valence-electron chi connectivity index (χ1n) is 8.51. The van der Waals surface area contributed by atoms with Crippen molar-refractivity contribution in [3.8, 4) is 0 Å². The second-order valence-electron chi connectivity index (χ2n) is 8.82. The summed E-state index contributed by atoms with van der Waals surface area (Å²) in [5.41, 5.74) is 3.07. The minimum Gasteiger partial charge on any atom is -0.179 e. The van der Waals surface area contributed by atoms with Crippen LogP contribution < -0.4 is 0 Å². The van der Waals surface area contributed by atoms with Gasteiger partial charge in [0.05, 0.1) is 0 Å². The molecule has 1 aromatic carbocycles. The van der Waals surface area contributed by atoms with E-state index in [4.69, 9.17) is 37.9 Å². The quantitative estimate of drug-likeness (QED) is 0.363. The van der Waals surface area contributed by atoms with E-state index < -0.39 is 0 Å². The lowest BCUT2D eigenvalue weighted by molar-refractivity contribution is -0.145. The van der Waals surface area contributed by atoms with E-state index in [9.17, 15) is 0 Å². The molecule has 4 bridgehead atoms. The van der Waals surface area contributed by atoms with Crippen molar-refractivity contribution in [3.63, 3.8) is 0 Å². The average Bonchev–Trinajstić information content (AvgIpc) is 2.54. The first-order chi connectivity index (χ1) is 10.9. The summed E-state index contributed by atoms with van der Waals surface area (Å²) in [6.45, 7) is 0. The fourth-order valence-corrected chi connectivity index (χ4v) is 8.27. The Hall–Kier alpha value is 1.000. The normalized spacial score (nSPS) is 44.7. The Morgan fingerprint density at radius 2 is 1.09 bits per heavy atom. The summed E-state index contributed by atoms with van der Waals surface area (Å²) in [5.74, 6) is 3.05. The SMILES string of the molecule is SCC12CC3(CS)CC(CS)(C1)CC(c1ccc(I)cc1)(C2)C3. The molecule has 0 amide bonds. The summed E-state index contributed by atoms with van der Waals surface area (Å²) < 4.78 is 1.33. The van der Waals surface area contributed by atoms with Gasteiger partial charge in [-0.3, -0.25) is 0 Å². The Morgan fingerprint density at radius 1 is 0.696 bits per heavy atom. The molecule has 4 aliphatic rings. The first-order valence-corrected chi connectivity index (χ1v) is 11.5. The third kappa shape index (κ3) is 2.64. The Bertz CT molecular complexity index is 553. The highest BCUT2D eigenvalue weighted by molar-refractivity contribution is 14.1. The van der Waals surface area contributed by atoms with Gasteiger partial charge < -0.3 is 0 Å². The third-order valence-electron chi connectivity index (χ3n) is 6.85. The Kier molecular flexibility index (Phi) is 4.35. The highest BCUT2D eigenvalue weighted by Gasteiger charge is 2.67. The molecule has 5 rings (SSSR count). The summed E-state index contributed by atoms with van der Waals surface area (Å²) in [5, 5.41) is 0. The monoisotopic (exact) mass is 476 g/mol. The van der Waals surface area contributed by atoms with Gasteiger partial charge in [0.15, 0.2) is 0 Å². The van der Waals surface area contributed by atoms with Crippen LogP contribution in [0.15, 0.2) is 24.3 Å². The fraction of sp³-hybridized carbons (Fsp3) is 0.684. The van der Waals surface area contributed by atoms with Crippen molar-refractivity contribution >= 4 is 60.5 Å². The van der Waals surface area contributed by atoms with Crippen LogP contribution in [0.25, 0.3) is 0 Å². The van der Waals surface area contributed by atoms with Gasteiger partial charge in [0, 0.05) is 3.57 Å². The minimum absolute atomic E-state index is 0.327. The number of rotatable bonds is 4. The molecular formula is C19H25IS3. The van der Waals surface area contributed by atoms with Crippen molar-refractivity contribution in [2.24, 2.45) is 16.2 Å². The smallest absolute Gasteiger partial charge is 0.0130 e. The molecule has 126 valence electrons. The summed E-state index contributed by atoms with van der Waals surface area (Å²) >= 11 is 16.9. The first kappa shape index (κ1) is 17.4. The van der Waals surface area contributed by atoms with Crippen molar-refractivity contribution in [2.45, 2.75) is 43.9 Å². The zero-order chi connectivity index (χ0) is 16.3. The van der Waals surface area contributed by atoms with Crippen LogP contribution in [0.1, 0.15) is 44.1 Å². The maximum atomic E-state index is 4.83. The molecule has 0 spiro atoms. The van der Waals surface area contributed by atoms with Crippen LogP contribution in [0.3, 0.4) is 0 Å². The molecule has 23 heavy (non-hydrogen) atoms. The van der Waals surface area contributed by atoms with E-state index in [0.717, 1.165) is 17.3 Å². The van der Waals surface area contributed by atoms with E-state index >= 15 is 0 Å². The molecule has 1 aromatic rings. The Morgan fingerprint density at radius 3 is 1.43 bits per heavy atom. The molecule has 0 atom stereocenters. The van der Waals surface area contributed by atoms with Gasteiger partial charge in [0.1, 0.15) is 0 Å². The maximum Gasteiger partial charge on any atom is 0.0130 e. The summed E-state index contributed by atoms with van der Waals surface area (Å²) in [4.78, 5) is 0. The Balaban J connectivity index is 1.86. The van der Waals surface area contributed by atoms with E-state index in [0.29, 0.717) is 21.7 Å². The highest BCUT2D eigenvalue weighted by Crippen LogP contribution is 2.74. The van der Waals surface area contributed by atoms with Crippen LogP contribution in [0.4, 0.5) is 0 Å². The molecule has 0 radical (unpaired) electrons. The van der Waals surface area contributed by atoms with Crippen LogP contribution in [0.5, 0.6) is 0 Å². The van der Waals surface area contributed by atoms with Crippen LogP contribution >= 0.6 is 60.5 Å². The fourth-order valence-electron chi connectivity index (χ4n) is 6.90. The summed E-state index contributed by atoms with van der Waals surface area (Å²) in [7, 11) is 0. The molecule has 4 heteroatoms. The van der Waals surface area contributed by atoms with Gasteiger partial charge in [-0.1, -0.05) is 12.1 Å². The summed E-state index contributed by atoms with van der Waals surface area (Å²) in [6, 6.07) is 9.34. The lowest BCUT2D eigenvalue weighted by Gasteiger charge is -2.71. The number of thiol groups is 3. The van der Waals surface area contributed by atoms with Gasteiger partial charge in [-0.2, -0.15) is 37.9 Å². The van der Waals surface area contributed by atoms with E-state index in [-0.39, 0.29) is 0 Å². The van der Waals surface area contributed by atoms with Crippen LogP contribution in [0, 0.1) is 19.8 Å². The average molecular weight is 477 g/mol. The molecule has 0 aliphatic heterocycles. The van der Waals surface area contributed by atoms with Crippen LogP contribution in [-0.4, -0.2) is 17.3 Å². The van der Waals surface area contributed by atoms with Gasteiger partial charge >= 0.3 is 0 Å². The van der Waals surface area contributed by atoms with Crippen molar-refractivity contribution in [1.82, 2.24) is 0 Å². The lowest BCUT2D eigenvalue weighted by atomic mass is 9.35. The van der Waals surface area contributed by atoms with Crippen molar-refractivity contribution in [3.05, 3.63) is 33.4 Å². The number of halogens is 1. The standard InChI is InChI=1S/C19H25IS3/c20-15-3-1-14(2-4-15)19-8-16(11-21)5-17(9-19,12-22)7-18(6-16,10-19)13-23/h1-4,21-23H,5-13H2. The highest BCUT2D eigenvalue weighted by atomic mass is 127. The van der Waals surface area contributed by atoms with Crippen molar-refractivity contribution in [1.29, 1.82) is 0 Å². The van der Waals surface area contributed by atoms with E-state index in [1.165, 1.54) is 42.1 Å². The topological polar surface area (TPSA) is 0 Å². The molecule has 4 aliphatic carbocycles. The third-order valence-corrected chi connectivity index (χ3v) is 9.58. The molecule has 4 fully saturated rings. The molecule has 0 saturated heterocycles. The zero-order valence-electron chi connectivity index (χ0n) is 13.4. The van der Waals surface area contributed by atoms with Gasteiger partial charge in [0.25, 0.3) is 0 Å². The van der Waals surface area contributed by atoms with Crippen molar-refractivity contribution in [2.75, 3.05) is 17.3 Å². The molecular weight excluding hydrogens is 451 g/mol. The van der Waals surface area contributed by atoms with E-state index in [2.05, 4.69) is 46.9 Å². The number of hydrogen-bond acceptors (Lipinski definition) is 3. The van der Waals surface area contributed by atoms with Gasteiger partial charge in [0.2, 0.25) is 0 Å². The van der Waals surface area contributed by atoms with Crippen molar-refractivity contribution < 1.29 is 0 Å². The lowest BCUT2D eigenvalue weighted by Crippen LogP contribution is -2.64. The van der Waals surface area contributed by atoms with Gasteiger partial charge in [-0.25, -0.2) is 0 Å². The zero-order valence-corrected chi connectivity index (χ0v) is 18.2. The van der Waals surface area contributed by atoms with Crippen LogP contribution in [0.2, 0.25) is 0 Å².